The second kappa shape index (κ2) is 17.3. The first kappa shape index (κ1) is 41.8. The Labute approximate surface area is 300 Å². The van der Waals surface area contributed by atoms with Crippen molar-refractivity contribution < 1.29 is 75.1 Å². The molecule has 53 heavy (non-hydrogen) atoms. The van der Waals surface area contributed by atoms with Crippen LogP contribution in [0.2, 0.25) is 0 Å². The lowest BCUT2D eigenvalue weighted by molar-refractivity contribution is -0.368. The SMILES string of the molecule is CC1(C)[C@H](NC(=O)/C(=N\O[C@H](COc2ccc(Nc3nccn3CCC[NH3+])nc2)C(=O)O)c2csc(N)n2)C(=O)N1OS(=O)(=O)O.O=C([O-])C(F)(F)F. The van der Waals surface area contributed by atoms with Crippen LogP contribution in [0.15, 0.2) is 41.3 Å². The summed E-state index contributed by atoms with van der Waals surface area (Å²) >= 11 is 0.950. The number of amides is 2. The molecular weight excluding hydrogens is 765 g/mol. The van der Waals surface area contributed by atoms with Crippen molar-refractivity contribution in [1.82, 2.24) is 29.9 Å². The Morgan fingerprint density at radius 3 is 2.45 bits per heavy atom. The number of hydrogen-bond acceptors (Lipinski definition) is 17. The van der Waals surface area contributed by atoms with Crippen molar-refractivity contribution >= 4 is 68.1 Å². The summed E-state index contributed by atoms with van der Waals surface area (Å²) in [6, 6.07) is 1.81. The Bertz CT molecular complexity index is 1920. The van der Waals surface area contributed by atoms with Gasteiger partial charge in [0.2, 0.25) is 5.95 Å². The van der Waals surface area contributed by atoms with Crippen LogP contribution in [0.5, 0.6) is 5.75 Å². The number of anilines is 3. The smallest absolute Gasteiger partial charge is 0.430 e. The summed E-state index contributed by atoms with van der Waals surface area (Å²) in [5.41, 5.74) is 7.44. The van der Waals surface area contributed by atoms with E-state index in [0.29, 0.717) is 16.8 Å². The molecule has 1 aliphatic rings. The van der Waals surface area contributed by atoms with Crippen LogP contribution >= 0.6 is 11.3 Å². The van der Waals surface area contributed by atoms with E-state index < -0.39 is 70.3 Å². The van der Waals surface area contributed by atoms with E-state index >= 15 is 0 Å². The number of nitrogens with two attached hydrogens (primary N) is 1. The van der Waals surface area contributed by atoms with Crippen molar-refractivity contribution in [3.05, 3.63) is 41.8 Å². The summed E-state index contributed by atoms with van der Waals surface area (Å²) in [4.78, 5) is 64.0. The molecule has 0 aromatic carbocycles. The number of ether oxygens (including phenoxy) is 1. The van der Waals surface area contributed by atoms with Gasteiger partial charge in [0, 0.05) is 30.7 Å². The molecule has 0 saturated carbocycles. The zero-order chi connectivity index (χ0) is 39.7. The molecule has 1 aliphatic heterocycles. The second-order valence-electron chi connectivity index (χ2n) is 10.9. The number of carboxylic acids is 2. The predicted octanol–water partition coefficient (Wildman–Crippen LogP) is -1.92. The first-order chi connectivity index (χ1) is 24.6. The number of nitrogens with zero attached hydrogens (tertiary/aromatic N) is 6. The van der Waals surface area contributed by atoms with Crippen LogP contribution in [0.3, 0.4) is 0 Å². The number of rotatable bonds is 16. The van der Waals surface area contributed by atoms with Crippen LogP contribution in [-0.4, -0.2) is 109 Å². The number of nitrogens with one attached hydrogen (secondary N) is 2. The molecule has 0 spiro atoms. The van der Waals surface area contributed by atoms with Gasteiger partial charge in [0.25, 0.3) is 17.9 Å². The molecule has 2 amide bonds. The molecule has 0 unspecified atom stereocenters. The zero-order valence-corrected chi connectivity index (χ0v) is 29.0. The number of pyridine rings is 1. The number of β-lactam (4-membered cyclic amide) rings is 1. The highest BCUT2D eigenvalue weighted by Crippen LogP contribution is 2.33. The van der Waals surface area contributed by atoms with E-state index in [1.165, 1.54) is 25.4 Å². The summed E-state index contributed by atoms with van der Waals surface area (Å²) in [5.74, 6) is -5.26. The van der Waals surface area contributed by atoms with Crippen LogP contribution in [-0.2, 0) is 45.2 Å². The molecule has 1 saturated heterocycles. The van der Waals surface area contributed by atoms with E-state index in [4.69, 9.17) is 29.8 Å². The molecule has 0 radical (unpaired) electrons. The van der Waals surface area contributed by atoms with E-state index in [1.807, 2.05) is 10.8 Å². The van der Waals surface area contributed by atoms with Gasteiger partial charge in [-0.05, 0) is 26.0 Å². The highest BCUT2D eigenvalue weighted by Gasteiger charge is 2.58. The summed E-state index contributed by atoms with van der Waals surface area (Å²) in [6.07, 6.45) is -1.20. The molecule has 0 bridgehead atoms. The van der Waals surface area contributed by atoms with Crippen molar-refractivity contribution in [3.63, 3.8) is 0 Å². The fourth-order valence-electron chi connectivity index (χ4n) is 4.01. The average molecular weight is 797 g/mol. The molecule has 27 heteroatoms. The van der Waals surface area contributed by atoms with Crippen LogP contribution in [0.4, 0.5) is 30.1 Å². The van der Waals surface area contributed by atoms with E-state index in [9.17, 15) is 41.1 Å². The van der Waals surface area contributed by atoms with E-state index in [-0.39, 0.29) is 16.6 Å². The van der Waals surface area contributed by atoms with Crippen molar-refractivity contribution in [1.29, 1.82) is 0 Å². The average Bonchev–Trinajstić information content (AvgIpc) is 3.70. The third-order valence-corrected chi connectivity index (χ3v) is 7.63. The number of aromatic nitrogens is 4. The van der Waals surface area contributed by atoms with Gasteiger partial charge >= 0.3 is 22.5 Å². The fourth-order valence-corrected chi connectivity index (χ4v) is 5.01. The number of thiazole rings is 1. The van der Waals surface area contributed by atoms with E-state index in [0.717, 1.165) is 30.8 Å². The minimum atomic E-state index is -5.19. The summed E-state index contributed by atoms with van der Waals surface area (Å²) in [7, 11) is -5.02. The van der Waals surface area contributed by atoms with Gasteiger partial charge in [-0.25, -0.2) is 19.7 Å². The van der Waals surface area contributed by atoms with Gasteiger partial charge in [-0.2, -0.15) is 26.7 Å². The quantitative estimate of drug-likeness (QED) is 0.0398. The van der Waals surface area contributed by atoms with Crippen molar-refractivity contribution in [3.8, 4) is 5.75 Å². The highest BCUT2D eigenvalue weighted by atomic mass is 32.3. The molecule has 1 fully saturated rings. The second-order valence-corrected chi connectivity index (χ2v) is 12.8. The van der Waals surface area contributed by atoms with Crippen LogP contribution in [0, 0.1) is 0 Å². The van der Waals surface area contributed by atoms with Crippen LogP contribution < -0.4 is 31.9 Å². The topological polar surface area (TPSA) is 331 Å². The van der Waals surface area contributed by atoms with Gasteiger partial charge in [0.15, 0.2) is 10.8 Å². The lowest BCUT2D eigenvalue weighted by Crippen LogP contribution is -2.76. The number of alkyl halides is 3. The number of carbonyl (C=O) groups excluding carboxylic acids is 3. The zero-order valence-electron chi connectivity index (χ0n) is 27.3. The summed E-state index contributed by atoms with van der Waals surface area (Å²) in [6.45, 7) is 3.67. The molecule has 290 valence electrons. The molecule has 0 aliphatic carbocycles. The first-order valence-electron chi connectivity index (χ1n) is 14.6. The minimum Gasteiger partial charge on any atom is -0.542 e. The predicted molar refractivity (Wildman–Crippen MR) is 170 cm³/mol. The molecule has 9 N–H and O–H groups in total. The van der Waals surface area contributed by atoms with Crippen molar-refractivity contribution in [2.24, 2.45) is 5.16 Å². The number of oxime groups is 1. The number of aryl methyl sites for hydroxylation is 1. The maximum absolute atomic E-state index is 13.2. The maximum Gasteiger partial charge on any atom is 0.430 e. The number of nitrogen functional groups attached to an aromatic ring is 1. The monoisotopic (exact) mass is 796 g/mol. The van der Waals surface area contributed by atoms with E-state index in [1.54, 1.807) is 18.3 Å². The number of halogens is 3. The summed E-state index contributed by atoms with van der Waals surface area (Å²) in [5, 5.41) is 29.4. The number of aliphatic carboxylic acids is 2. The van der Waals surface area contributed by atoms with Gasteiger partial charge < -0.3 is 51.3 Å². The Balaban J connectivity index is 0.000000980. The third-order valence-electron chi connectivity index (χ3n) is 6.62. The molecule has 2 atom stereocenters. The summed E-state index contributed by atoms with van der Waals surface area (Å²) < 4.78 is 74.3. The Kier molecular flexibility index (Phi) is 13.6. The van der Waals surface area contributed by atoms with Crippen LogP contribution in [0.1, 0.15) is 26.0 Å². The highest BCUT2D eigenvalue weighted by molar-refractivity contribution is 7.80. The third kappa shape index (κ3) is 11.7. The first-order valence-corrected chi connectivity index (χ1v) is 16.8. The maximum atomic E-state index is 13.2. The number of carbonyl (C=O) groups is 4. The normalized spacial score (nSPS) is 16.1. The standard InChI is InChI=1S/C24H30N10O10S2.C2HF3O2/c1-24(2)18(20(36)34(24)44-46(39,40)41)31-19(35)17(14-12-45-22(26)29-14)32-43-15(21(37)38)11-42-13-4-5-16(28-10-13)30-23-27-7-9-33(23)8-3-6-25;3-2(4,5)1(6)7/h4-5,7,9-10,12,15,18H,3,6,8,11,25H2,1-2H3,(H2,26,29)(H,31,35)(H,37,38)(H,27,28,30)(H,39,40,41);(H,6,7)/b32-17-;/t15-,18-;/m1./s1. The number of imidazole rings is 1. The largest absolute Gasteiger partial charge is 0.542 e. The fraction of sp³-hybridized carbons (Fsp3) is 0.385. The lowest BCUT2D eigenvalue weighted by Gasteiger charge is -2.50. The Hall–Kier alpha value is -5.64. The molecule has 3 aromatic rings. The van der Waals surface area contributed by atoms with Crippen LogP contribution in [0.25, 0.3) is 0 Å². The van der Waals surface area contributed by atoms with Crippen molar-refractivity contribution in [2.45, 2.75) is 50.7 Å². The molecular formula is C26H31F3N10O12S2. The molecule has 22 nitrogen and oxygen atoms in total. The van der Waals surface area contributed by atoms with Gasteiger partial charge in [0.05, 0.1) is 18.3 Å². The molecule has 4 rings (SSSR count). The number of hydroxylamine groups is 2. The number of hydrogen-bond donors (Lipinski definition) is 6. The molecule has 4 heterocycles. The van der Waals surface area contributed by atoms with Gasteiger partial charge in [-0.3, -0.25) is 14.1 Å². The Morgan fingerprint density at radius 1 is 1.26 bits per heavy atom. The van der Waals surface area contributed by atoms with Gasteiger partial charge in [0.1, 0.15) is 35.9 Å². The number of carboxylic acid groups (broad SMARTS) is 2. The number of quaternary nitrogens is 1. The van der Waals surface area contributed by atoms with Crippen molar-refractivity contribution in [2.75, 3.05) is 24.2 Å². The Morgan fingerprint density at radius 2 is 1.94 bits per heavy atom. The minimum absolute atomic E-state index is 0.0501. The van der Waals surface area contributed by atoms with Gasteiger partial charge in [-0.15, -0.1) is 15.6 Å². The van der Waals surface area contributed by atoms with Gasteiger partial charge in [-0.1, -0.05) is 5.16 Å². The lowest BCUT2D eigenvalue weighted by atomic mass is 9.84. The molecule has 3 aromatic heterocycles. The van der Waals surface area contributed by atoms with E-state index in [2.05, 4.69) is 40.8 Å².